The lowest BCUT2D eigenvalue weighted by Crippen LogP contribution is -2.19. The zero-order valence-corrected chi connectivity index (χ0v) is 32.4. The van der Waals surface area contributed by atoms with Gasteiger partial charge in [0.05, 0.1) is 11.1 Å². The minimum atomic E-state index is -0.699. The topological polar surface area (TPSA) is 52.6 Å². The summed E-state index contributed by atoms with van der Waals surface area (Å²) in [7, 11) is 0. The molecule has 2 saturated carbocycles. The Bertz CT molecular complexity index is 1430. The van der Waals surface area contributed by atoms with Gasteiger partial charge in [0.25, 0.3) is 0 Å². The van der Waals surface area contributed by atoms with Crippen molar-refractivity contribution in [1.82, 2.24) is 0 Å². The normalized spacial score (nSPS) is 21.0. The van der Waals surface area contributed by atoms with Crippen LogP contribution in [0.5, 0.6) is 0 Å². The fourth-order valence-corrected chi connectivity index (χ4v) is 8.87. The van der Waals surface area contributed by atoms with Gasteiger partial charge >= 0.3 is 11.9 Å². The molecule has 0 spiro atoms. The third kappa shape index (κ3) is 13.2. The maximum Gasteiger partial charge on any atom is 0.338 e. The van der Waals surface area contributed by atoms with Crippen LogP contribution in [0.4, 0.5) is 0 Å². The van der Waals surface area contributed by atoms with Crippen molar-refractivity contribution in [3.63, 3.8) is 0 Å². The molecule has 0 aromatic heterocycles. The minimum absolute atomic E-state index is 0.0466. The van der Waals surface area contributed by atoms with E-state index in [1.165, 1.54) is 127 Å². The smallest absolute Gasteiger partial charge is 0.338 e. The number of unbranched alkanes of at least 4 members (excludes halogenated alkanes) is 2. The van der Waals surface area contributed by atoms with Gasteiger partial charge in [-0.15, -0.1) is 0 Å². The fraction of sp³-hybridized carbons (Fsp3) is 0.583. The average molecular weight is 707 g/mol. The summed E-state index contributed by atoms with van der Waals surface area (Å²) in [5.41, 5.74) is 4.33. The molecule has 2 fully saturated rings. The van der Waals surface area contributed by atoms with Crippen LogP contribution < -0.4 is 0 Å². The molecule has 2 aliphatic carbocycles. The van der Waals surface area contributed by atoms with Gasteiger partial charge in [-0.1, -0.05) is 171 Å². The molecule has 3 aromatic carbocycles. The summed E-state index contributed by atoms with van der Waals surface area (Å²) < 4.78 is 11.7. The predicted molar refractivity (Wildman–Crippen MR) is 214 cm³/mol. The lowest BCUT2D eigenvalue weighted by molar-refractivity contribution is -0.00133. The molecule has 0 N–H and O–H groups in total. The van der Waals surface area contributed by atoms with E-state index in [4.69, 9.17) is 9.47 Å². The number of rotatable bonds is 20. The number of hydrogen-bond donors (Lipinski definition) is 0. The van der Waals surface area contributed by atoms with Crippen molar-refractivity contribution in [2.75, 3.05) is 6.61 Å². The maximum absolute atomic E-state index is 13.3. The molecule has 0 aliphatic heterocycles. The maximum atomic E-state index is 13.3. The Balaban J connectivity index is 1.03. The lowest BCUT2D eigenvalue weighted by Gasteiger charge is -2.28. The van der Waals surface area contributed by atoms with E-state index in [9.17, 15) is 9.59 Å². The molecule has 0 saturated heterocycles. The molecular formula is C48H66O4. The molecule has 0 heterocycles. The van der Waals surface area contributed by atoms with Crippen molar-refractivity contribution >= 4 is 11.9 Å². The minimum Gasteiger partial charge on any atom is -0.458 e. The van der Waals surface area contributed by atoms with E-state index in [0.29, 0.717) is 11.1 Å². The van der Waals surface area contributed by atoms with E-state index < -0.39 is 18.0 Å². The molecular weight excluding hydrogens is 641 g/mol. The van der Waals surface area contributed by atoms with Crippen LogP contribution in [-0.2, 0) is 22.3 Å². The third-order valence-electron chi connectivity index (χ3n) is 12.1. The van der Waals surface area contributed by atoms with Gasteiger partial charge in [-0.3, -0.25) is 0 Å². The molecule has 4 heteroatoms. The molecule has 1 atom stereocenters. The summed E-state index contributed by atoms with van der Waals surface area (Å²) in [6.45, 7) is 4.57. The first kappa shape index (κ1) is 39.8. The summed E-state index contributed by atoms with van der Waals surface area (Å²) >= 11 is 0. The Hall–Kier alpha value is -3.40. The van der Waals surface area contributed by atoms with Gasteiger partial charge in [-0.25, -0.2) is 9.59 Å². The van der Waals surface area contributed by atoms with E-state index in [1.54, 1.807) is 0 Å². The monoisotopic (exact) mass is 706 g/mol. The van der Waals surface area contributed by atoms with E-state index >= 15 is 0 Å². The summed E-state index contributed by atoms with van der Waals surface area (Å²) in [5.74, 6) is 2.96. The first-order valence-electron chi connectivity index (χ1n) is 21.1. The number of esters is 2. The molecule has 52 heavy (non-hydrogen) atoms. The van der Waals surface area contributed by atoms with Crippen molar-refractivity contribution in [2.24, 2.45) is 23.7 Å². The van der Waals surface area contributed by atoms with Gasteiger partial charge in [0.1, 0.15) is 6.61 Å². The highest BCUT2D eigenvalue weighted by Crippen LogP contribution is 2.35. The van der Waals surface area contributed by atoms with Crippen LogP contribution in [0.1, 0.15) is 173 Å². The van der Waals surface area contributed by atoms with E-state index in [0.717, 1.165) is 42.1 Å². The van der Waals surface area contributed by atoms with Crippen LogP contribution in [0.2, 0.25) is 0 Å². The van der Waals surface area contributed by atoms with Crippen LogP contribution in [-0.4, -0.2) is 18.5 Å². The third-order valence-corrected chi connectivity index (χ3v) is 12.1. The van der Waals surface area contributed by atoms with Gasteiger partial charge in [0.15, 0.2) is 6.10 Å². The number of benzene rings is 3. The second-order valence-electron chi connectivity index (χ2n) is 16.1. The van der Waals surface area contributed by atoms with Crippen LogP contribution in [0.3, 0.4) is 0 Å². The molecule has 0 radical (unpaired) electrons. The Morgan fingerprint density at radius 3 is 1.40 bits per heavy atom. The summed E-state index contributed by atoms with van der Waals surface area (Å²) in [6.07, 6.45) is 25.8. The highest BCUT2D eigenvalue weighted by atomic mass is 16.6. The summed E-state index contributed by atoms with van der Waals surface area (Å²) in [5, 5.41) is 0. The van der Waals surface area contributed by atoms with Gasteiger partial charge in [0.2, 0.25) is 0 Å². The van der Waals surface area contributed by atoms with Gasteiger partial charge in [-0.2, -0.15) is 0 Å². The molecule has 0 bridgehead atoms. The van der Waals surface area contributed by atoms with Crippen molar-refractivity contribution in [1.29, 1.82) is 0 Å². The second kappa shape index (κ2) is 22.0. The van der Waals surface area contributed by atoms with Gasteiger partial charge in [-0.05, 0) is 90.3 Å². The summed E-state index contributed by atoms with van der Waals surface area (Å²) in [6, 6.07) is 25.2. The molecule has 3 aromatic rings. The second-order valence-corrected chi connectivity index (χ2v) is 16.1. The van der Waals surface area contributed by atoms with Crippen molar-refractivity contribution in [2.45, 2.75) is 148 Å². The number of carbonyl (C=O) groups is 2. The summed E-state index contributed by atoms with van der Waals surface area (Å²) in [4.78, 5) is 26.3. The molecule has 0 amide bonds. The molecule has 282 valence electrons. The zero-order chi connectivity index (χ0) is 36.4. The highest BCUT2D eigenvalue weighted by Gasteiger charge is 2.23. The van der Waals surface area contributed by atoms with E-state index in [-0.39, 0.29) is 6.61 Å². The standard InChI is InChI=1S/C48H66O4/c1-3-12-37-20-24-39(25-21-37)14-8-10-16-41-28-32-44(33-29-41)47(49)51-36-46(43-18-6-5-7-19-43)52-48(50)45-34-30-42(31-35-45)17-11-9-15-40-26-22-38(13-4-2)23-27-40/h5-7,18-19,28-35,37-40,46H,3-4,8-17,20-27,36H2,1-2H3/t37?,38?,39?,40?,46-/m0/s1. The van der Waals surface area contributed by atoms with Gasteiger partial charge < -0.3 is 9.47 Å². The van der Waals surface area contributed by atoms with Crippen molar-refractivity contribution < 1.29 is 19.1 Å². The lowest BCUT2D eigenvalue weighted by atomic mass is 9.78. The van der Waals surface area contributed by atoms with Crippen molar-refractivity contribution in [3.05, 3.63) is 107 Å². The predicted octanol–water partition coefficient (Wildman–Crippen LogP) is 13.1. The van der Waals surface area contributed by atoms with E-state index in [1.807, 2.05) is 78.9 Å². The van der Waals surface area contributed by atoms with Gasteiger partial charge in [0, 0.05) is 0 Å². The van der Waals surface area contributed by atoms with Crippen LogP contribution in [0, 0.1) is 23.7 Å². The molecule has 0 unspecified atom stereocenters. The zero-order valence-electron chi connectivity index (χ0n) is 32.4. The quantitative estimate of drug-likeness (QED) is 0.0867. The SMILES string of the molecule is CCCC1CCC(CCCCc2ccc(C(=O)OC[C@H](OC(=O)c3ccc(CCCCC4CCC(CCC)CC4)cc3)c3ccccc3)cc2)CC1. The first-order valence-corrected chi connectivity index (χ1v) is 21.1. The van der Waals surface area contributed by atoms with E-state index in [2.05, 4.69) is 13.8 Å². The molecule has 5 rings (SSSR count). The Morgan fingerprint density at radius 1 is 0.538 bits per heavy atom. The van der Waals surface area contributed by atoms with Crippen LogP contribution in [0.15, 0.2) is 78.9 Å². The number of hydrogen-bond acceptors (Lipinski definition) is 4. The average Bonchev–Trinajstić information content (AvgIpc) is 3.19. The van der Waals surface area contributed by atoms with Crippen molar-refractivity contribution in [3.8, 4) is 0 Å². The Labute approximate surface area is 315 Å². The highest BCUT2D eigenvalue weighted by molar-refractivity contribution is 5.90. The molecule has 2 aliphatic rings. The van der Waals surface area contributed by atoms with Crippen LogP contribution in [0.25, 0.3) is 0 Å². The Morgan fingerprint density at radius 2 is 0.962 bits per heavy atom. The number of carbonyl (C=O) groups excluding carboxylic acids is 2. The fourth-order valence-electron chi connectivity index (χ4n) is 8.87. The number of ether oxygens (including phenoxy) is 2. The first-order chi connectivity index (χ1) is 25.5. The molecule has 4 nitrogen and oxygen atoms in total. The largest absolute Gasteiger partial charge is 0.458 e. The van der Waals surface area contributed by atoms with Crippen LogP contribution >= 0.6 is 0 Å². The number of aryl methyl sites for hydroxylation is 2. The Kier molecular flexibility index (Phi) is 16.8.